The third kappa shape index (κ3) is 11.6. The summed E-state index contributed by atoms with van der Waals surface area (Å²) in [4.78, 5) is 0.508. The minimum atomic E-state index is -1.63. The molecule has 33 heavy (non-hydrogen) atoms. The van der Waals surface area contributed by atoms with Crippen LogP contribution in [0.5, 0.6) is 17.2 Å². The number of phenolic OH excluding ortho intramolecular Hbond substituents is 1. The molecule has 0 bridgehead atoms. The van der Waals surface area contributed by atoms with Gasteiger partial charge in [0.15, 0.2) is 0 Å². The maximum Gasteiger partial charge on any atom is 0.240 e. The van der Waals surface area contributed by atoms with Gasteiger partial charge in [0, 0.05) is 0 Å². The standard InChI is InChI=1S/C28H42O4S/c1-3-5-7-9-10-12-14-24(13-11-8-6-4-2)23-31-26-17-19-27(20-18-26)32-33(30)28-21-15-25(29)16-22-28/h15-22,24,29H,3-14,23H2,1-2H3. The Bertz CT molecular complexity index is 773. The summed E-state index contributed by atoms with van der Waals surface area (Å²) in [5.41, 5.74) is 0. The van der Waals surface area contributed by atoms with E-state index in [9.17, 15) is 9.32 Å². The number of unbranched alkanes of at least 4 members (excludes halogenated alkanes) is 8. The Labute approximate surface area is 203 Å². The Hall–Kier alpha value is -2.01. The monoisotopic (exact) mass is 474 g/mol. The van der Waals surface area contributed by atoms with E-state index in [0.717, 1.165) is 12.4 Å². The van der Waals surface area contributed by atoms with Crippen molar-refractivity contribution in [1.82, 2.24) is 0 Å². The third-order valence-electron chi connectivity index (χ3n) is 5.94. The molecule has 0 aliphatic carbocycles. The molecule has 0 radical (unpaired) electrons. The average molecular weight is 475 g/mol. The second-order valence-corrected chi connectivity index (χ2v) is 9.97. The van der Waals surface area contributed by atoms with Gasteiger partial charge in [-0.2, -0.15) is 0 Å². The van der Waals surface area contributed by atoms with Crippen LogP contribution in [0.15, 0.2) is 53.4 Å². The predicted molar refractivity (Wildman–Crippen MR) is 137 cm³/mol. The highest BCUT2D eigenvalue weighted by atomic mass is 32.2. The number of phenols is 1. The Balaban J connectivity index is 1.79. The van der Waals surface area contributed by atoms with E-state index in [0.29, 0.717) is 16.6 Å². The van der Waals surface area contributed by atoms with E-state index in [2.05, 4.69) is 13.8 Å². The van der Waals surface area contributed by atoms with Crippen molar-refractivity contribution < 1.29 is 18.2 Å². The molecule has 4 nitrogen and oxygen atoms in total. The lowest BCUT2D eigenvalue weighted by Crippen LogP contribution is -2.12. The molecule has 2 rings (SSSR count). The highest BCUT2D eigenvalue weighted by molar-refractivity contribution is 7.80. The zero-order valence-electron chi connectivity index (χ0n) is 20.5. The van der Waals surface area contributed by atoms with Gasteiger partial charge in [-0.25, -0.2) is 4.21 Å². The van der Waals surface area contributed by atoms with Gasteiger partial charge in [0.1, 0.15) is 17.2 Å². The molecule has 2 atom stereocenters. The second-order valence-electron chi connectivity index (χ2n) is 8.87. The molecule has 0 aliphatic heterocycles. The maximum absolute atomic E-state index is 12.3. The van der Waals surface area contributed by atoms with Crippen molar-refractivity contribution >= 4 is 11.1 Å². The molecule has 5 heteroatoms. The predicted octanol–water partition coefficient (Wildman–Crippen LogP) is 8.21. The van der Waals surface area contributed by atoms with E-state index in [1.807, 2.05) is 12.1 Å². The van der Waals surface area contributed by atoms with E-state index < -0.39 is 11.1 Å². The molecule has 2 aromatic carbocycles. The quantitative estimate of drug-likeness (QED) is 0.221. The zero-order valence-corrected chi connectivity index (χ0v) is 21.3. The van der Waals surface area contributed by atoms with E-state index in [1.54, 1.807) is 24.3 Å². The Morgan fingerprint density at radius 1 is 0.727 bits per heavy atom. The van der Waals surface area contributed by atoms with Crippen molar-refractivity contribution in [3.8, 4) is 17.2 Å². The fourth-order valence-electron chi connectivity index (χ4n) is 3.88. The highest BCUT2D eigenvalue weighted by Crippen LogP contribution is 2.24. The summed E-state index contributed by atoms with van der Waals surface area (Å²) in [5, 5.41) is 9.36. The highest BCUT2D eigenvalue weighted by Gasteiger charge is 2.11. The van der Waals surface area contributed by atoms with Crippen LogP contribution in [0.3, 0.4) is 0 Å². The molecule has 0 saturated carbocycles. The van der Waals surface area contributed by atoms with Crippen molar-refractivity contribution in [3.05, 3.63) is 48.5 Å². The largest absolute Gasteiger partial charge is 0.508 e. The van der Waals surface area contributed by atoms with Crippen molar-refractivity contribution in [2.24, 2.45) is 5.92 Å². The number of ether oxygens (including phenoxy) is 1. The number of rotatable bonds is 18. The fourth-order valence-corrected chi connectivity index (χ4v) is 4.62. The molecule has 0 saturated heterocycles. The summed E-state index contributed by atoms with van der Waals surface area (Å²) in [6, 6.07) is 13.5. The SMILES string of the molecule is CCCCCCCCC(CCCCCC)COc1ccc(OS(=O)c2ccc(O)cc2)cc1. The molecule has 1 N–H and O–H groups in total. The van der Waals surface area contributed by atoms with Gasteiger partial charge >= 0.3 is 0 Å². The van der Waals surface area contributed by atoms with Gasteiger partial charge in [0.25, 0.3) is 0 Å². The van der Waals surface area contributed by atoms with Crippen LogP contribution in [0.25, 0.3) is 0 Å². The van der Waals surface area contributed by atoms with Crippen LogP contribution in [-0.2, 0) is 11.1 Å². The molecule has 184 valence electrons. The smallest absolute Gasteiger partial charge is 0.240 e. The Morgan fingerprint density at radius 3 is 1.85 bits per heavy atom. The van der Waals surface area contributed by atoms with E-state index in [4.69, 9.17) is 8.92 Å². The van der Waals surface area contributed by atoms with Crippen molar-refractivity contribution in [2.45, 2.75) is 95.8 Å². The van der Waals surface area contributed by atoms with E-state index in [-0.39, 0.29) is 5.75 Å². The summed E-state index contributed by atoms with van der Waals surface area (Å²) in [6.07, 6.45) is 15.6. The molecule has 0 fully saturated rings. The van der Waals surface area contributed by atoms with Crippen LogP contribution < -0.4 is 8.92 Å². The van der Waals surface area contributed by atoms with Gasteiger partial charge in [-0.05, 0) is 67.3 Å². The molecule has 0 amide bonds. The molecule has 0 heterocycles. The Kier molecular flexibility index (Phi) is 13.7. The molecule has 0 aromatic heterocycles. The topological polar surface area (TPSA) is 55.8 Å². The summed E-state index contributed by atoms with van der Waals surface area (Å²) in [7, 11) is 0. The molecule has 0 aliphatic rings. The number of hydrogen-bond acceptors (Lipinski definition) is 4. The van der Waals surface area contributed by atoms with E-state index >= 15 is 0 Å². The first-order valence-electron chi connectivity index (χ1n) is 12.7. The van der Waals surface area contributed by atoms with Crippen molar-refractivity contribution in [2.75, 3.05) is 6.61 Å². The van der Waals surface area contributed by atoms with Gasteiger partial charge in [-0.1, -0.05) is 78.1 Å². The second kappa shape index (κ2) is 16.6. The van der Waals surface area contributed by atoms with Crippen LogP contribution in [0, 0.1) is 5.92 Å². The Morgan fingerprint density at radius 2 is 1.24 bits per heavy atom. The molecule has 2 aromatic rings. The minimum absolute atomic E-state index is 0.136. The lowest BCUT2D eigenvalue weighted by atomic mass is 9.95. The number of hydrogen-bond donors (Lipinski definition) is 1. The first-order chi connectivity index (χ1) is 16.1. The number of benzene rings is 2. The van der Waals surface area contributed by atoms with Gasteiger partial charge in [0.2, 0.25) is 11.1 Å². The van der Waals surface area contributed by atoms with Gasteiger partial charge < -0.3 is 14.0 Å². The molecular formula is C28H42O4S. The van der Waals surface area contributed by atoms with Gasteiger partial charge in [-0.15, -0.1) is 0 Å². The normalized spacial score (nSPS) is 12.9. The van der Waals surface area contributed by atoms with E-state index in [1.165, 1.54) is 89.2 Å². The fraction of sp³-hybridized carbons (Fsp3) is 0.571. The third-order valence-corrected chi connectivity index (χ3v) is 6.94. The van der Waals surface area contributed by atoms with Crippen LogP contribution in [-0.4, -0.2) is 15.9 Å². The summed E-state index contributed by atoms with van der Waals surface area (Å²) in [5.74, 6) is 2.08. The van der Waals surface area contributed by atoms with Gasteiger partial charge in [0.05, 0.1) is 11.5 Å². The van der Waals surface area contributed by atoms with Crippen molar-refractivity contribution in [3.63, 3.8) is 0 Å². The first kappa shape index (κ1) is 27.2. The van der Waals surface area contributed by atoms with Crippen LogP contribution in [0.2, 0.25) is 0 Å². The molecular weight excluding hydrogens is 432 g/mol. The summed E-state index contributed by atoms with van der Waals surface area (Å²) in [6.45, 7) is 5.27. The minimum Gasteiger partial charge on any atom is -0.508 e. The lowest BCUT2D eigenvalue weighted by Gasteiger charge is -2.18. The molecule has 0 spiro atoms. The van der Waals surface area contributed by atoms with Crippen LogP contribution >= 0.6 is 0 Å². The maximum atomic E-state index is 12.3. The average Bonchev–Trinajstić information content (AvgIpc) is 2.83. The van der Waals surface area contributed by atoms with Gasteiger partial charge in [-0.3, -0.25) is 0 Å². The van der Waals surface area contributed by atoms with Crippen LogP contribution in [0.1, 0.15) is 90.9 Å². The zero-order chi connectivity index (χ0) is 23.7. The van der Waals surface area contributed by atoms with Crippen molar-refractivity contribution in [1.29, 1.82) is 0 Å². The van der Waals surface area contributed by atoms with Crippen LogP contribution in [0.4, 0.5) is 0 Å². The number of aromatic hydroxyl groups is 1. The molecule has 2 unspecified atom stereocenters. The lowest BCUT2D eigenvalue weighted by molar-refractivity contribution is 0.224. The first-order valence-corrected chi connectivity index (χ1v) is 13.8. The summed E-state index contributed by atoms with van der Waals surface area (Å²) < 4.78 is 24.0. The summed E-state index contributed by atoms with van der Waals surface area (Å²) >= 11 is -1.63.